The fraction of sp³-hybridized carbons (Fsp3) is 0.217. The van der Waals surface area contributed by atoms with Crippen LogP contribution < -0.4 is 15.5 Å². The summed E-state index contributed by atoms with van der Waals surface area (Å²) in [7, 11) is 0. The van der Waals surface area contributed by atoms with Crippen LogP contribution in [0.25, 0.3) is 11.3 Å². The Kier molecular flexibility index (Phi) is 7.11. The van der Waals surface area contributed by atoms with Crippen molar-refractivity contribution in [3.8, 4) is 11.3 Å². The number of alkyl halides is 3. The Morgan fingerprint density at radius 2 is 1.74 bits per heavy atom. The van der Waals surface area contributed by atoms with Crippen LogP contribution in [0, 0.1) is 0 Å². The molecule has 0 unspecified atom stereocenters. The highest BCUT2D eigenvalue weighted by molar-refractivity contribution is 7.80. The number of benzene rings is 2. The highest BCUT2D eigenvalue weighted by atomic mass is 35.5. The molecule has 1 fully saturated rings. The lowest BCUT2D eigenvalue weighted by Crippen LogP contribution is -2.38. The molecule has 0 atom stereocenters. The number of thiocarbonyl (C=S) groups is 1. The predicted octanol–water partition coefficient (Wildman–Crippen LogP) is 5.58. The second-order valence-corrected chi connectivity index (χ2v) is 8.25. The number of amides is 1. The number of carbonyl (C=O) groups excluding carboxylic acids is 1. The van der Waals surface area contributed by atoms with Gasteiger partial charge in [-0.15, -0.1) is 0 Å². The zero-order valence-electron chi connectivity index (χ0n) is 17.6. The van der Waals surface area contributed by atoms with E-state index in [1.807, 2.05) is 4.90 Å². The predicted molar refractivity (Wildman–Crippen MR) is 127 cm³/mol. The summed E-state index contributed by atoms with van der Waals surface area (Å²) in [6.07, 6.45) is -4.53. The molecule has 1 aliphatic heterocycles. The fourth-order valence-electron chi connectivity index (χ4n) is 3.44. The van der Waals surface area contributed by atoms with Gasteiger partial charge in [0, 0.05) is 23.7 Å². The number of hydrogen-bond donors (Lipinski definition) is 2. The molecule has 2 aromatic carbocycles. The van der Waals surface area contributed by atoms with E-state index in [2.05, 4.69) is 10.6 Å². The number of hydrogen-bond acceptors (Lipinski definition) is 5. The molecule has 1 saturated heterocycles. The Hall–Kier alpha value is -3.08. The Morgan fingerprint density at radius 1 is 1.03 bits per heavy atom. The van der Waals surface area contributed by atoms with E-state index in [0.29, 0.717) is 42.8 Å². The molecule has 3 aromatic rings. The Balaban J connectivity index is 1.49. The Morgan fingerprint density at radius 3 is 2.41 bits per heavy atom. The van der Waals surface area contributed by atoms with Gasteiger partial charge in [0.2, 0.25) is 0 Å². The van der Waals surface area contributed by atoms with Gasteiger partial charge in [-0.2, -0.15) is 13.2 Å². The first-order valence-corrected chi connectivity index (χ1v) is 11.0. The van der Waals surface area contributed by atoms with Gasteiger partial charge >= 0.3 is 6.18 Å². The van der Waals surface area contributed by atoms with E-state index in [4.69, 9.17) is 33.0 Å². The maximum atomic E-state index is 13.3. The normalized spacial score (nSPS) is 14.1. The molecule has 0 bridgehead atoms. The van der Waals surface area contributed by atoms with Crippen LogP contribution in [0.4, 0.5) is 24.5 Å². The first-order valence-electron chi connectivity index (χ1n) is 10.2. The van der Waals surface area contributed by atoms with Crippen molar-refractivity contribution >= 4 is 46.2 Å². The third-order valence-electron chi connectivity index (χ3n) is 5.11. The van der Waals surface area contributed by atoms with E-state index in [1.165, 1.54) is 12.1 Å². The zero-order valence-corrected chi connectivity index (χ0v) is 19.2. The topological polar surface area (TPSA) is 66.7 Å². The SMILES string of the molecule is O=C(NC(=S)Nc1cc(C(F)(F)F)ccc1N1CCOCC1)c1ccc(-c2ccc(Cl)cc2)o1. The minimum Gasteiger partial charge on any atom is -0.451 e. The lowest BCUT2D eigenvalue weighted by Gasteiger charge is -2.31. The molecule has 0 aliphatic carbocycles. The van der Waals surface area contributed by atoms with Crippen molar-refractivity contribution in [1.29, 1.82) is 0 Å². The average Bonchev–Trinajstić information content (AvgIpc) is 3.30. The molecular weight excluding hydrogens is 491 g/mol. The lowest BCUT2D eigenvalue weighted by molar-refractivity contribution is -0.137. The number of nitrogens with one attached hydrogen (secondary N) is 2. The number of nitrogens with zero attached hydrogens (tertiary/aromatic N) is 1. The van der Waals surface area contributed by atoms with Gasteiger partial charge in [-0.3, -0.25) is 10.1 Å². The molecule has 4 rings (SSSR count). The van der Waals surface area contributed by atoms with Crippen molar-refractivity contribution < 1.29 is 27.1 Å². The Bertz CT molecular complexity index is 1190. The number of rotatable bonds is 4. The molecule has 34 heavy (non-hydrogen) atoms. The van der Waals surface area contributed by atoms with Gasteiger partial charge in [-0.1, -0.05) is 11.6 Å². The van der Waals surface area contributed by atoms with Crippen LogP contribution in [0.1, 0.15) is 16.1 Å². The van der Waals surface area contributed by atoms with Gasteiger partial charge in [0.05, 0.1) is 30.2 Å². The van der Waals surface area contributed by atoms with Gasteiger partial charge < -0.3 is 19.4 Å². The first-order chi connectivity index (χ1) is 16.2. The fourth-order valence-corrected chi connectivity index (χ4v) is 3.77. The molecule has 6 nitrogen and oxygen atoms in total. The van der Waals surface area contributed by atoms with E-state index < -0.39 is 17.6 Å². The van der Waals surface area contributed by atoms with Gasteiger partial charge in [-0.05, 0) is 66.8 Å². The molecular formula is C23H19ClF3N3O3S. The number of furan rings is 1. The highest BCUT2D eigenvalue weighted by Gasteiger charge is 2.32. The number of carbonyl (C=O) groups is 1. The van der Waals surface area contributed by atoms with Gasteiger partial charge in [-0.25, -0.2) is 0 Å². The van der Waals surface area contributed by atoms with Crippen LogP contribution in [-0.4, -0.2) is 37.3 Å². The van der Waals surface area contributed by atoms with Crippen LogP contribution in [0.2, 0.25) is 5.02 Å². The smallest absolute Gasteiger partial charge is 0.416 e. The summed E-state index contributed by atoms with van der Waals surface area (Å²) >= 11 is 11.1. The van der Waals surface area contributed by atoms with E-state index in [1.54, 1.807) is 30.3 Å². The summed E-state index contributed by atoms with van der Waals surface area (Å²) in [5.41, 5.74) is 0.544. The lowest BCUT2D eigenvalue weighted by atomic mass is 10.1. The van der Waals surface area contributed by atoms with Crippen molar-refractivity contribution in [3.05, 3.63) is 70.9 Å². The number of morpholine rings is 1. The van der Waals surface area contributed by atoms with E-state index in [9.17, 15) is 18.0 Å². The standard InChI is InChI=1S/C23H19ClF3N3O3S/c24-16-4-1-14(2-5-16)19-7-8-20(33-19)21(31)29-22(34)28-17-13-15(23(25,26)27)3-6-18(17)30-9-11-32-12-10-30/h1-8,13H,9-12H2,(H2,28,29,31,34). The van der Waals surface area contributed by atoms with E-state index >= 15 is 0 Å². The Labute approximate surface area is 203 Å². The van der Waals surface area contributed by atoms with Crippen LogP contribution in [0.3, 0.4) is 0 Å². The van der Waals surface area contributed by atoms with E-state index in [0.717, 1.165) is 17.7 Å². The summed E-state index contributed by atoms with van der Waals surface area (Å²) in [6, 6.07) is 13.3. The maximum absolute atomic E-state index is 13.3. The molecule has 2 heterocycles. The molecule has 1 aliphatic rings. The van der Waals surface area contributed by atoms with Crippen LogP contribution >= 0.6 is 23.8 Å². The van der Waals surface area contributed by atoms with Crippen LogP contribution in [0.5, 0.6) is 0 Å². The van der Waals surface area contributed by atoms with Crippen molar-refractivity contribution in [2.75, 3.05) is 36.5 Å². The third kappa shape index (κ3) is 5.69. The molecule has 178 valence electrons. The summed E-state index contributed by atoms with van der Waals surface area (Å²) in [5.74, 6) is -0.197. The molecule has 0 spiro atoms. The number of anilines is 2. The molecule has 1 amide bonds. The van der Waals surface area contributed by atoms with Crippen molar-refractivity contribution in [1.82, 2.24) is 5.32 Å². The monoisotopic (exact) mass is 509 g/mol. The van der Waals surface area contributed by atoms with Gasteiger partial charge in [0.1, 0.15) is 5.76 Å². The van der Waals surface area contributed by atoms with Gasteiger partial charge in [0.15, 0.2) is 10.9 Å². The second-order valence-electron chi connectivity index (χ2n) is 7.41. The molecule has 1 aromatic heterocycles. The van der Waals surface area contributed by atoms with Crippen molar-refractivity contribution in [2.45, 2.75) is 6.18 Å². The summed E-state index contributed by atoms with van der Waals surface area (Å²) < 4.78 is 50.8. The molecule has 0 radical (unpaired) electrons. The second kappa shape index (κ2) is 10.0. The molecule has 0 saturated carbocycles. The van der Waals surface area contributed by atoms with Crippen molar-refractivity contribution in [3.63, 3.8) is 0 Å². The minimum atomic E-state index is -4.53. The molecule has 11 heteroatoms. The summed E-state index contributed by atoms with van der Waals surface area (Å²) in [4.78, 5) is 14.5. The molecule has 2 N–H and O–H groups in total. The number of halogens is 4. The third-order valence-corrected chi connectivity index (χ3v) is 5.57. The maximum Gasteiger partial charge on any atom is 0.416 e. The number of ether oxygens (including phenoxy) is 1. The van der Waals surface area contributed by atoms with Gasteiger partial charge in [0.25, 0.3) is 5.91 Å². The largest absolute Gasteiger partial charge is 0.451 e. The highest BCUT2D eigenvalue weighted by Crippen LogP contribution is 2.35. The first kappa shape index (κ1) is 24.1. The van der Waals surface area contributed by atoms with Crippen LogP contribution in [-0.2, 0) is 10.9 Å². The van der Waals surface area contributed by atoms with E-state index in [-0.39, 0.29) is 16.6 Å². The quantitative estimate of drug-likeness (QED) is 0.447. The zero-order chi connectivity index (χ0) is 24.3. The summed E-state index contributed by atoms with van der Waals surface area (Å²) in [6.45, 7) is 1.93. The van der Waals surface area contributed by atoms with Crippen molar-refractivity contribution in [2.24, 2.45) is 0 Å². The minimum absolute atomic E-state index is 0.00783. The summed E-state index contributed by atoms with van der Waals surface area (Å²) in [5, 5.41) is 5.58. The van der Waals surface area contributed by atoms with Crippen LogP contribution in [0.15, 0.2) is 59.0 Å². The average molecular weight is 510 g/mol.